The molecule has 3 rings (SSSR count). The summed E-state index contributed by atoms with van der Waals surface area (Å²) in [6.45, 7) is 9.32. The summed E-state index contributed by atoms with van der Waals surface area (Å²) in [6.07, 6.45) is 9.91. The Morgan fingerprint density at radius 1 is 0.412 bits per heavy atom. The summed E-state index contributed by atoms with van der Waals surface area (Å²) in [4.78, 5) is 0. The molecule has 0 spiro atoms. The van der Waals surface area contributed by atoms with Gasteiger partial charge in [-0.15, -0.1) is 0 Å². The highest BCUT2D eigenvalue weighted by Crippen LogP contribution is 2.40. The van der Waals surface area contributed by atoms with Crippen molar-refractivity contribution in [3.05, 3.63) is 107 Å². The fourth-order valence-corrected chi connectivity index (χ4v) is 5.81. The average molecular weight is 455 g/mol. The highest BCUT2D eigenvalue weighted by Gasteiger charge is 2.23. The number of benzene rings is 3. The molecule has 0 heteroatoms. The predicted octanol–water partition coefficient (Wildman–Crippen LogP) is 10.6. The second kappa shape index (κ2) is 14.1. The summed E-state index contributed by atoms with van der Waals surface area (Å²) < 4.78 is 0. The summed E-state index contributed by atoms with van der Waals surface area (Å²) in [6, 6.07) is 32.2. The maximum atomic E-state index is 2.46. The molecule has 3 aromatic carbocycles. The second-order valence-electron chi connectivity index (χ2n) is 10.1. The average Bonchev–Trinajstić information content (AvgIpc) is 2.90. The Labute approximate surface area is 209 Å². The van der Waals surface area contributed by atoms with Crippen molar-refractivity contribution in [2.75, 3.05) is 0 Å². The van der Waals surface area contributed by atoms with Crippen molar-refractivity contribution in [2.45, 2.75) is 103 Å². The van der Waals surface area contributed by atoms with Crippen LogP contribution < -0.4 is 0 Å². The van der Waals surface area contributed by atoms with E-state index in [-0.39, 0.29) is 0 Å². The molecule has 0 aromatic heterocycles. The van der Waals surface area contributed by atoms with Gasteiger partial charge in [0.1, 0.15) is 0 Å². The lowest BCUT2D eigenvalue weighted by Gasteiger charge is -2.28. The molecule has 0 aliphatic rings. The van der Waals surface area contributed by atoms with E-state index >= 15 is 0 Å². The van der Waals surface area contributed by atoms with Crippen LogP contribution in [-0.4, -0.2) is 0 Å². The Balaban J connectivity index is 1.90. The molecule has 0 radical (unpaired) electrons. The van der Waals surface area contributed by atoms with Gasteiger partial charge in [0, 0.05) is 0 Å². The molecule has 0 heterocycles. The fraction of sp³-hybridized carbons (Fsp3) is 0.471. The van der Waals surface area contributed by atoms with E-state index in [1.54, 1.807) is 0 Å². The third-order valence-corrected chi connectivity index (χ3v) is 7.82. The molecule has 0 aliphatic carbocycles. The van der Waals surface area contributed by atoms with Crippen LogP contribution in [0.1, 0.15) is 125 Å². The minimum atomic E-state index is 0.571. The van der Waals surface area contributed by atoms with Gasteiger partial charge in [0.15, 0.2) is 0 Å². The number of hydrogen-bond acceptors (Lipinski definition) is 0. The van der Waals surface area contributed by atoms with Gasteiger partial charge in [-0.05, 0) is 84.5 Å². The summed E-state index contributed by atoms with van der Waals surface area (Å²) in [5.41, 5.74) is 6.05. The molecule has 34 heavy (non-hydrogen) atoms. The van der Waals surface area contributed by atoms with Crippen molar-refractivity contribution in [3.8, 4) is 0 Å². The third kappa shape index (κ3) is 7.33. The highest BCUT2D eigenvalue weighted by molar-refractivity contribution is 5.30. The Kier molecular flexibility index (Phi) is 10.9. The normalized spacial score (nSPS) is 14.9. The van der Waals surface area contributed by atoms with Crippen molar-refractivity contribution in [1.29, 1.82) is 0 Å². The number of hydrogen-bond donors (Lipinski definition) is 0. The van der Waals surface area contributed by atoms with E-state index < -0.39 is 0 Å². The quantitative estimate of drug-likeness (QED) is 0.227. The topological polar surface area (TPSA) is 0 Å². The minimum absolute atomic E-state index is 0.571. The fourth-order valence-electron chi connectivity index (χ4n) is 5.81. The molecule has 182 valence electrons. The van der Waals surface area contributed by atoms with Gasteiger partial charge in [0.25, 0.3) is 0 Å². The van der Waals surface area contributed by atoms with Crippen LogP contribution in [0, 0.1) is 0 Å². The molecule has 4 atom stereocenters. The van der Waals surface area contributed by atoms with Crippen LogP contribution >= 0.6 is 0 Å². The number of rotatable bonds is 14. The molecule has 0 fully saturated rings. The van der Waals surface area contributed by atoms with Crippen molar-refractivity contribution < 1.29 is 0 Å². The second-order valence-corrected chi connectivity index (χ2v) is 10.1. The lowest BCUT2D eigenvalue weighted by atomic mass is 9.76. The monoisotopic (exact) mass is 454 g/mol. The zero-order valence-electron chi connectivity index (χ0n) is 22.0. The van der Waals surface area contributed by atoms with E-state index in [1.807, 2.05) is 0 Å². The van der Waals surface area contributed by atoms with Crippen molar-refractivity contribution in [1.82, 2.24) is 0 Å². The van der Waals surface area contributed by atoms with Gasteiger partial charge in [0.2, 0.25) is 0 Å². The first-order valence-corrected chi connectivity index (χ1v) is 13.9. The van der Waals surface area contributed by atoms with Crippen molar-refractivity contribution >= 4 is 0 Å². The van der Waals surface area contributed by atoms with Crippen molar-refractivity contribution in [3.63, 3.8) is 0 Å². The van der Waals surface area contributed by atoms with Gasteiger partial charge in [0.05, 0.1) is 0 Å². The van der Waals surface area contributed by atoms with Crippen LogP contribution in [0.25, 0.3) is 0 Å². The van der Waals surface area contributed by atoms with Crippen molar-refractivity contribution in [2.24, 2.45) is 0 Å². The largest absolute Gasteiger partial charge is 0.0654 e. The lowest BCUT2D eigenvalue weighted by Crippen LogP contribution is -2.11. The smallest absolute Gasteiger partial charge is 0.0150 e. The Bertz CT molecular complexity index is 909. The van der Waals surface area contributed by atoms with Gasteiger partial charge in [-0.1, -0.05) is 125 Å². The molecule has 0 amide bonds. The molecule has 4 unspecified atom stereocenters. The Morgan fingerprint density at radius 2 is 0.794 bits per heavy atom. The summed E-state index contributed by atoms with van der Waals surface area (Å²) in [5, 5.41) is 0. The van der Waals surface area contributed by atoms with E-state index in [4.69, 9.17) is 0 Å². The van der Waals surface area contributed by atoms with Crippen LogP contribution in [0.5, 0.6) is 0 Å². The lowest BCUT2D eigenvalue weighted by molar-refractivity contribution is 0.441. The zero-order valence-corrected chi connectivity index (χ0v) is 22.0. The zero-order chi connectivity index (χ0) is 24.2. The molecule has 0 saturated carbocycles. The van der Waals surface area contributed by atoms with Crippen LogP contribution in [0.15, 0.2) is 84.9 Å². The first-order chi connectivity index (χ1) is 16.7. The molecular weight excluding hydrogens is 408 g/mol. The summed E-state index contributed by atoms with van der Waals surface area (Å²) >= 11 is 0. The Hall–Kier alpha value is -2.34. The van der Waals surface area contributed by atoms with Crippen LogP contribution in [0.3, 0.4) is 0 Å². The van der Waals surface area contributed by atoms with Gasteiger partial charge < -0.3 is 0 Å². The molecule has 0 N–H and O–H groups in total. The van der Waals surface area contributed by atoms with Gasteiger partial charge in [-0.25, -0.2) is 0 Å². The maximum absolute atomic E-state index is 2.46. The maximum Gasteiger partial charge on any atom is -0.0150 e. The van der Waals surface area contributed by atoms with Gasteiger partial charge in [-0.2, -0.15) is 0 Å². The van der Waals surface area contributed by atoms with Crippen LogP contribution in [0.2, 0.25) is 0 Å². The molecule has 0 nitrogen and oxygen atoms in total. The van der Waals surface area contributed by atoms with Crippen LogP contribution in [0.4, 0.5) is 0 Å². The first kappa shape index (κ1) is 26.3. The third-order valence-electron chi connectivity index (χ3n) is 7.82. The Morgan fingerprint density at radius 3 is 1.26 bits per heavy atom. The summed E-state index contributed by atoms with van der Waals surface area (Å²) in [5.74, 6) is 2.49. The molecule has 3 aromatic rings. The standard InChI is InChI=1S/C34H46/c1-5-15-27(7-3)31-21-23-32(24-22-31)34(25-28(8-4)29-17-11-9-12-18-29)26-33(16-6-2)30-19-13-10-14-20-30/h9-14,17-24,27-28,33-34H,5-8,15-16,25-26H2,1-4H3. The summed E-state index contributed by atoms with van der Waals surface area (Å²) in [7, 11) is 0. The van der Waals surface area contributed by atoms with Gasteiger partial charge in [-0.3, -0.25) is 0 Å². The van der Waals surface area contributed by atoms with Gasteiger partial charge >= 0.3 is 0 Å². The molecule has 0 bridgehead atoms. The highest BCUT2D eigenvalue weighted by atomic mass is 14.3. The van der Waals surface area contributed by atoms with E-state index in [0.29, 0.717) is 23.7 Å². The SMILES string of the molecule is CCCC(CC)c1ccc(C(CC(CC)c2ccccc2)CC(CCC)c2ccccc2)cc1. The minimum Gasteiger partial charge on any atom is -0.0654 e. The molecule has 0 saturated heterocycles. The van der Waals surface area contributed by atoms with E-state index in [9.17, 15) is 0 Å². The first-order valence-electron chi connectivity index (χ1n) is 13.9. The molecule has 0 aliphatic heterocycles. The van der Waals surface area contributed by atoms with E-state index in [2.05, 4.69) is 113 Å². The molecular formula is C34H46. The van der Waals surface area contributed by atoms with Crippen LogP contribution in [-0.2, 0) is 0 Å². The predicted molar refractivity (Wildman–Crippen MR) is 150 cm³/mol. The van der Waals surface area contributed by atoms with E-state index in [1.165, 1.54) is 73.6 Å². The van der Waals surface area contributed by atoms with E-state index in [0.717, 1.165) is 0 Å².